The van der Waals surface area contributed by atoms with E-state index in [1.165, 1.54) is 0 Å². The van der Waals surface area contributed by atoms with Crippen LogP contribution in [0.4, 0.5) is 5.69 Å². The van der Waals surface area contributed by atoms with E-state index < -0.39 is 31.0 Å². The highest BCUT2D eigenvalue weighted by molar-refractivity contribution is 8.23. The van der Waals surface area contributed by atoms with E-state index in [9.17, 15) is 19.0 Å². The number of benzene rings is 1. The van der Waals surface area contributed by atoms with Gasteiger partial charge in [-0.2, -0.15) is 0 Å². The molecule has 1 aliphatic heterocycles. The highest BCUT2D eigenvalue weighted by atomic mass is 32.3. The Bertz CT molecular complexity index is 773. The van der Waals surface area contributed by atoms with Gasteiger partial charge in [-0.05, 0) is 35.2 Å². The van der Waals surface area contributed by atoms with Crippen molar-refractivity contribution >= 4 is 36.6 Å². The molecule has 1 unspecified atom stereocenters. The van der Waals surface area contributed by atoms with E-state index >= 15 is 0 Å². The van der Waals surface area contributed by atoms with Crippen molar-refractivity contribution in [2.75, 3.05) is 5.32 Å². The maximum Gasteiger partial charge on any atom is 0.314 e. The van der Waals surface area contributed by atoms with Crippen LogP contribution in [0.2, 0.25) is 16.6 Å². The summed E-state index contributed by atoms with van der Waals surface area (Å²) in [7, 11) is -5.72. The molecule has 4 N–H and O–H groups in total. The number of hydrogen-bond donors (Lipinski definition) is 4. The first kappa shape index (κ1) is 23.7. The van der Waals surface area contributed by atoms with E-state index in [0.29, 0.717) is 34.5 Å². The first-order valence-electron chi connectivity index (χ1n) is 10.1. The summed E-state index contributed by atoms with van der Waals surface area (Å²) < 4.78 is 31.9. The maximum absolute atomic E-state index is 11.5. The fourth-order valence-corrected chi connectivity index (χ4v) is 10.9. The van der Waals surface area contributed by atoms with Crippen molar-refractivity contribution in [2.24, 2.45) is 10.3 Å². The van der Waals surface area contributed by atoms with Crippen LogP contribution in [0, 0.1) is 5.92 Å². The molecule has 0 bridgehead atoms. The Labute approximate surface area is 176 Å². The van der Waals surface area contributed by atoms with E-state index in [1.54, 1.807) is 25.1 Å². The number of carboxylic acids is 1. The first-order valence-corrected chi connectivity index (χ1v) is 13.7. The second-order valence-electron chi connectivity index (χ2n) is 8.50. The Kier molecular flexibility index (Phi) is 7.09. The summed E-state index contributed by atoms with van der Waals surface area (Å²) in [5.41, 5.74) is 1.58. The maximum atomic E-state index is 11.5. The van der Waals surface area contributed by atoms with Crippen LogP contribution in [0.15, 0.2) is 27.5 Å². The van der Waals surface area contributed by atoms with Gasteiger partial charge in [-0.15, -0.1) is 4.40 Å². The molecule has 9 heteroatoms. The van der Waals surface area contributed by atoms with Crippen LogP contribution in [0.3, 0.4) is 0 Å². The van der Waals surface area contributed by atoms with Gasteiger partial charge in [0, 0.05) is 6.07 Å². The van der Waals surface area contributed by atoms with E-state index in [4.69, 9.17) is 4.43 Å². The molecule has 0 saturated carbocycles. The lowest BCUT2D eigenvalue weighted by Crippen LogP contribution is -2.50. The van der Waals surface area contributed by atoms with Gasteiger partial charge < -0.3 is 14.8 Å². The smallest absolute Gasteiger partial charge is 0.314 e. The van der Waals surface area contributed by atoms with Gasteiger partial charge in [-0.3, -0.25) is 13.9 Å². The molecule has 1 aromatic carbocycles. The molecule has 164 valence electrons. The average molecular weight is 443 g/mol. The minimum absolute atomic E-state index is 0.0661. The largest absolute Gasteiger partial charge is 0.543 e. The predicted molar refractivity (Wildman–Crippen MR) is 122 cm³/mol. The minimum atomic E-state index is -3.52. The Hall–Kier alpha value is -1.55. The van der Waals surface area contributed by atoms with Gasteiger partial charge in [0.05, 0.1) is 5.69 Å². The van der Waals surface area contributed by atoms with Crippen LogP contribution in [0.25, 0.3) is 0 Å². The third-order valence-corrected chi connectivity index (χ3v) is 13.2. The second kappa shape index (κ2) is 8.67. The summed E-state index contributed by atoms with van der Waals surface area (Å²) in [5, 5.41) is 12.4. The SMILES string of the molecule is CCC(C(=O)O)C1=NS(O)(O)c2cc(O[Si](C(C)C)(C(C)C)C(C)C)ccc2N1. The normalized spacial score (nSPS) is 18.1. The van der Waals surface area contributed by atoms with Crippen molar-refractivity contribution in [3.63, 3.8) is 0 Å². The second-order valence-corrected chi connectivity index (χ2v) is 15.5. The summed E-state index contributed by atoms with van der Waals surface area (Å²) in [5.74, 6) is -1.32. The van der Waals surface area contributed by atoms with Crippen LogP contribution in [0.1, 0.15) is 54.9 Å². The molecule has 0 fully saturated rings. The van der Waals surface area contributed by atoms with Gasteiger partial charge >= 0.3 is 5.97 Å². The number of carbonyl (C=O) groups is 1. The van der Waals surface area contributed by atoms with E-state index in [0.717, 1.165) is 0 Å². The Balaban J connectivity index is 2.46. The van der Waals surface area contributed by atoms with Gasteiger partial charge in [-0.1, -0.05) is 59.2 Å². The summed E-state index contributed by atoms with van der Waals surface area (Å²) in [6.07, 6.45) is 0.290. The standard InChI is InChI=1S/C20H34N2O5SSi/c1-8-16(20(23)24)19-21-17-10-9-15(11-18(17)28(25,26)22-19)27-29(12(2)3,13(4)5)14(6)7/h9-14,16,25-26H,8H2,1-7H3,(H,21,22)(H,23,24). The van der Waals surface area contributed by atoms with Gasteiger partial charge in [-0.25, -0.2) is 0 Å². The number of aliphatic carboxylic acids is 1. The lowest BCUT2D eigenvalue weighted by atomic mass is 10.1. The molecule has 1 aromatic rings. The molecule has 7 nitrogen and oxygen atoms in total. The number of amidine groups is 1. The highest BCUT2D eigenvalue weighted by Gasteiger charge is 2.47. The van der Waals surface area contributed by atoms with Crippen molar-refractivity contribution in [3.05, 3.63) is 18.2 Å². The topological polar surface area (TPSA) is 111 Å². The zero-order chi connectivity index (χ0) is 22.1. The zero-order valence-electron chi connectivity index (χ0n) is 18.3. The van der Waals surface area contributed by atoms with Crippen molar-refractivity contribution in [2.45, 2.75) is 76.4 Å². The number of fused-ring (bicyclic) bond motifs is 1. The van der Waals surface area contributed by atoms with Gasteiger partial charge in [0.2, 0.25) is 0 Å². The molecule has 0 radical (unpaired) electrons. The summed E-state index contributed by atoms with van der Waals surface area (Å²) >= 11 is 0. The molecule has 0 saturated heterocycles. The lowest BCUT2D eigenvalue weighted by Gasteiger charge is -2.42. The minimum Gasteiger partial charge on any atom is -0.543 e. The molecule has 1 heterocycles. The van der Waals surface area contributed by atoms with Gasteiger partial charge in [0.15, 0.2) is 0 Å². The number of nitrogens with one attached hydrogen (secondary N) is 1. The quantitative estimate of drug-likeness (QED) is 0.357. The zero-order valence-corrected chi connectivity index (χ0v) is 20.1. The molecule has 29 heavy (non-hydrogen) atoms. The van der Waals surface area contributed by atoms with Crippen LogP contribution >= 0.6 is 10.8 Å². The Morgan fingerprint density at radius 3 is 2.14 bits per heavy atom. The number of carboxylic acid groups (broad SMARTS) is 1. The van der Waals surface area contributed by atoms with Crippen LogP contribution in [0.5, 0.6) is 5.75 Å². The van der Waals surface area contributed by atoms with Gasteiger partial charge in [0.25, 0.3) is 8.32 Å². The van der Waals surface area contributed by atoms with E-state index in [2.05, 4.69) is 51.3 Å². The highest BCUT2D eigenvalue weighted by Crippen LogP contribution is 2.57. The molecule has 0 aliphatic carbocycles. The van der Waals surface area contributed by atoms with E-state index in [1.807, 2.05) is 0 Å². The first-order chi connectivity index (χ1) is 13.4. The third kappa shape index (κ3) is 4.47. The third-order valence-electron chi connectivity index (χ3n) is 5.77. The number of hydrogen-bond acceptors (Lipinski definition) is 6. The predicted octanol–water partition coefficient (Wildman–Crippen LogP) is 6.20. The van der Waals surface area contributed by atoms with Crippen molar-refractivity contribution in [1.29, 1.82) is 0 Å². The fourth-order valence-electron chi connectivity index (χ4n) is 4.44. The number of anilines is 1. The molecule has 0 aromatic heterocycles. The number of nitrogens with zero attached hydrogens (tertiary/aromatic N) is 1. The van der Waals surface area contributed by atoms with Crippen molar-refractivity contribution in [3.8, 4) is 5.75 Å². The molecule has 1 aliphatic rings. The Morgan fingerprint density at radius 2 is 1.69 bits per heavy atom. The molecule has 0 amide bonds. The molecule has 2 rings (SSSR count). The molecule has 1 atom stereocenters. The Morgan fingerprint density at radius 1 is 1.14 bits per heavy atom. The molecular weight excluding hydrogens is 408 g/mol. The number of rotatable bonds is 8. The van der Waals surface area contributed by atoms with Gasteiger partial charge in [0.1, 0.15) is 22.4 Å². The summed E-state index contributed by atoms with van der Waals surface area (Å²) in [4.78, 5) is 11.7. The van der Waals surface area contributed by atoms with Crippen molar-refractivity contribution in [1.82, 2.24) is 0 Å². The monoisotopic (exact) mass is 442 g/mol. The summed E-state index contributed by atoms with van der Waals surface area (Å²) in [6.45, 7) is 14.8. The van der Waals surface area contributed by atoms with Crippen LogP contribution in [-0.2, 0) is 4.79 Å². The fraction of sp³-hybridized carbons (Fsp3) is 0.600. The lowest BCUT2D eigenvalue weighted by molar-refractivity contribution is -0.139. The van der Waals surface area contributed by atoms with Crippen molar-refractivity contribution < 1.29 is 23.4 Å². The van der Waals surface area contributed by atoms with E-state index in [-0.39, 0.29) is 10.7 Å². The van der Waals surface area contributed by atoms with Crippen LogP contribution < -0.4 is 9.74 Å². The van der Waals surface area contributed by atoms with Crippen LogP contribution in [-0.4, -0.2) is 34.3 Å². The summed E-state index contributed by atoms with van der Waals surface area (Å²) in [6, 6.07) is 5.15. The average Bonchev–Trinajstić information content (AvgIpc) is 2.58. The molecular formula is C20H34N2O5SSi. The molecule has 0 spiro atoms.